The summed E-state index contributed by atoms with van der Waals surface area (Å²) in [5, 5.41) is 10.0. The molecule has 0 saturated heterocycles. The second kappa shape index (κ2) is 5.66. The summed E-state index contributed by atoms with van der Waals surface area (Å²) in [4.78, 5) is 4.50. The SMILES string of the molecule is CCCc1nccn1C1CC(O)CCC1C(C)(C)C. The van der Waals surface area contributed by atoms with E-state index < -0.39 is 0 Å². The molecule has 0 amide bonds. The van der Waals surface area contributed by atoms with Gasteiger partial charge in [0.05, 0.1) is 6.10 Å². The van der Waals surface area contributed by atoms with E-state index in [2.05, 4.69) is 43.4 Å². The summed E-state index contributed by atoms with van der Waals surface area (Å²) in [5.74, 6) is 1.79. The van der Waals surface area contributed by atoms with Crippen LogP contribution in [-0.4, -0.2) is 20.8 Å². The van der Waals surface area contributed by atoms with E-state index in [0.29, 0.717) is 12.0 Å². The maximum atomic E-state index is 10.0. The summed E-state index contributed by atoms with van der Waals surface area (Å²) in [5.41, 5.74) is 0.276. The molecule has 0 spiro atoms. The van der Waals surface area contributed by atoms with Crippen molar-refractivity contribution < 1.29 is 5.11 Å². The number of imidazole rings is 1. The van der Waals surface area contributed by atoms with E-state index in [4.69, 9.17) is 0 Å². The van der Waals surface area contributed by atoms with Gasteiger partial charge < -0.3 is 9.67 Å². The molecule has 1 heterocycles. The lowest BCUT2D eigenvalue weighted by Crippen LogP contribution is -2.37. The van der Waals surface area contributed by atoms with Crippen LogP contribution in [0.2, 0.25) is 0 Å². The third kappa shape index (κ3) is 3.19. The molecule has 108 valence electrons. The Morgan fingerprint density at radius 2 is 2.11 bits per heavy atom. The average molecular weight is 264 g/mol. The summed E-state index contributed by atoms with van der Waals surface area (Å²) in [6.45, 7) is 9.15. The standard InChI is InChI=1S/C16H28N2O/c1-5-6-15-17-9-10-18(15)14-11-12(19)7-8-13(14)16(2,3)4/h9-10,12-14,19H,5-8,11H2,1-4H3. The molecule has 1 aromatic rings. The van der Waals surface area contributed by atoms with Gasteiger partial charge in [-0.1, -0.05) is 27.7 Å². The van der Waals surface area contributed by atoms with Crippen LogP contribution in [0.3, 0.4) is 0 Å². The number of aryl methyl sites for hydroxylation is 1. The van der Waals surface area contributed by atoms with Crippen molar-refractivity contribution in [3.63, 3.8) is 0 Å². The van der Waals surface area contributed by atoms with E-state index in [1.165, 1.54) is 5.82 Å². The summed E-state index contributed by atoms with van der Waals surface area (Å²) in [7, 11) is 0. The van der Waals surface area contributed by atoms with Gasteiger partial charge in [0.15, 0.2) is 0 Å². The first-order chi connectivity index (χ1) is 8.93. The smallest absolute Gasteiger partial charge is 0.108 e. The lowest BCUT2D eigenvalue weighted by molar-refractivity contribution is 0.0290. The maximum absolute atomic E-state index is 10.0. The molecule has 1 saturated carbocycles. The first-order valence-electron chi connectivity index (χ1n) is 7.63. The van der Waals surface area contributed by atoms with Crippen LogP contribution in [0.5, 0.6) is 0 Å². The molecular weight excluding hydrogens is 236 g/mol. The largest absolute Gasteiger partial charge is 0.393 e. The molecule has 0 aliphatic heterocycles. The number of hydrogen-bond acceptors (Lipinski definition) is 2. The van der Waals surface area contributed by atoms with Gasteiger partial charge in [-0.25, -0.2) is 4.98 Å². The highest BCUT2D eigenvalue weighted by Crippen LogP contribution is 2.44. The summed E-state index contributed by atoms with van der Waals surface area (Å²) in [6.07, 6.45) is 8.92. The third-order valence-corrected chi connectivity index (χ3v) is 4.48. The van der Waals surface area contributed by atoms with Crippen LogP contribution >= 0.6 is 0 Å². The Morgan fingerprint density at radius 1 is 1.37 bits per heavy atom. The number of aliphatic hydroxyl groups excluding tert-OH is 1. The molecule has 1 N–H and O–H groups in total. The van der Waals surface area contributed by atoms with Crippen LogP contribution in [0.15, 0.2) is 12.4 Å². The molecule has 0 aromatic carbocycles. The molecule has 19 heavy (non-hydrogen) atoms. The van der Waals surface area contributed by atoms with E-state index >= 15 is 0 Å². The summed E-state index contributed by atoms with van der Waals surface area (Å²) < 4.78 is 2.34. The molecule has 1 aromatic heterocycles. The lowest BCUT2D eigenvalue weighted by Gasteiger charge is -2.43. The predicted octanol–water partition coefficient (Wildman–Crippen LogP) is 3.58. The van der Waals surface area contributed by atoms with Crippen molar-refractivity contribution in [2.45, 2.75) is 71.9 Å². The van der Waals surface area contributed by atoms with Gasteiger partial charge >= 0.3 is 0 Å². The monoisotopic (exact) mass is 264 g/mol. The van der Waals surface area contributed by atoms with Crippen LogP contribution in [0.25, 0.3) is 0 Å². The Hall–Kier alpha value is -0.830. The zero-order valence-corrected chi connectivity index (χ0v) is 12.8. The van der Waals surface area contributed by atoms with Gasteiger partial charge in [-0.05, 0) is 37.0 Å². The second-order valence-electron chi connectivity index (χ2n) is 7.01. The minimum Gasteiger partial charge on any atom is -0.393 e. The van der Waals surface area contributed by atoms with Gasteiger partial charge in [-0.15, -0.1) is 0 Å². The first kappa shape index (κ1) is 14.6. The lowest BCUT2D eigenvalue weighted by atomic mass is 9.69. The number of nitrogens with zero attached hydrogens (tertiary/aromatic N) is 2. The van der Waals surface area contributed by atoms with Crippen LogP contribution in [-0.2, 0) is 6.42 Å². The molecule has 3 heteroatoms. The Bertz CT molecular complexity index is 405. The van der Waals surface area contributed by atoms with Gasteiger partial charge in [0.2, 0.25) is 0 Å². The van der Waals surface area contributed by atoms with E-state index in [0.717, 1.165) is 32.1 Å². The highest BCUT2D eigenvalue weighted by Gasteiger charge is 2.38. The maximum Gasteiger partial charge on any atom is 0.108 e. The van der Waals surface area contributed by atoms with Crippen molar-refractivity contribution in [3.05, 3.63) is 18.2 Å². The van der Waals surface area contributed by atoms with Crippen LogP contribution in [0.1, 0.15) is 65.2 Å². The Morgan fingerprint density at radius 3 is 2.74 bits per heavy atom. The first-order valence-corrected chi connectivity index (χ1v) is 7.63. The number of aliphatic hydroxyl groups is 1. The second-order valence-corrected chi connectivity index (χ2v) is 7.01. The summed E-state index contributed by atoms with van der Waals surface area (Å²) in [6, 6.07) is 0.396. The highest BCUT2D eigenvalue weighted by atomic mass is 16.3. The van der Waals surface area contributed by atoms with Crippen LogP contribution in [0.4, 0.5) is 0 Å². The normalized spacial score (nSPS) is 28.6. The van der Waals surface area contributed by atoms with Gasteiger partial charge in [0.1, 0.15) is 5.82 Å². The molecule has 1 aliphatic rings. The van der Waals surface area contributed by atoms with Crippen molar-refractivity contribution in [2.75, 3.05) is 0 Å². The highest BCUT2D eigenvalue weighted by molar-refractivity contribution is 5.00. The molecule has 1 fully saturated rings. The number of rotatable bonds is 3. The van der Waals surface area contributed by atoms with Gasteiger partial charge in [-0.2, -0.15) is 0 Å². The Labute approximate surface area is 117 Å². The van der Waals surface area contributed by atoms with E-state index in [-0.39, 0.29) is 11.5 Å². The van der Waals surface area contributed by atoms with E-state index in [9.17, 15) is 5.11 Å². The topological polar surface area (TPSA) is 38.0 Å². The summed E-state index contributed by atoms with van der Waals surface area (Å²) >= 11 is 0. The van der Waals surface area contributed by atoms with E-state index in [1.54, 1.807) is 0 Å². The molecule has 0 bridgehead atoms. The van der Waals surface area contributed by atoms with Gasteiger partial charge in [0, 0.05) is 24.9 Å². The zero-order chi connectivity index (χ0) is 14.0. The van der Waals surface area contributed by atoms with Crippen molar-refractivity contribution in [2.24, 2.45) is 11.3 Å². The predicted molar refractivity (Wildman–Crippen MR) is 78.1 cm³/mol. The van der Waals surface area contributed by atoms with Crippen molar-refractivity contribution in [1.29, 1.82) is 0 Å². The zero-order valence-electron chi connectivity index (χ0n) is 12.8. The molecular formula is C16H28N2O. The fourth-order valence-electron chi connectivity index (χ4n) is 3.51. The molecule has 2 rings (SSSR count). The van der Waals surface area contributed by atoms with Gasteiger partial charge in [-0.3, -0.25) is 0 Å². The molecule has 3 unspecified atom stereocenters. The molecule has 3 atom stereocenters. The van der Waals surface area contributed by atoms with Gasteiger partial charge in [0.25, 0.3) is 0 Å². The van der Waals surface area contributed by atoms with Crippen LogP contribution < -0.4 is 0 Å². The van der Waals surface area contributed by atoms with Crippen LogP contribution in [0, 0.1) is 11.3 Å². The fourth-order valence-corrected chi connectivity index (χ4v) is 3.51. The minimum absolute atomic E-state index is 0.152. The molecule has 0 radical (unpaired) electrons. The van der Waals surface area contributed by atoms with E-state index in [1.807, 2.05) is 6.20 Å². The Kier molecular flexibility index (Phi) is 4.34. The fraction of sp³-hybridized carbons (Fsp3) is 0.812. The molecule has 1 aliphatic carbocycles. The Balaban J connectivity index is 2.29. The number of aromatic nitrogens is 2. The average Bonchev–Trinajstić information content (AvgIpc) is 2.76. The van der Waals surface area contributed by atoms with Crippen molar-refractivity contribution in [1.82, 2.24) is 9.55 Å². The molecule has 3 nitrogen and oxygen atoms in total. The van der Waals surface area contributed by atoms with Crippen molar-refractivity contribution in [3.8, 4) is 0 Å². The number of hydrogen-bond donors (Lipinski definition) is 1. The third-order valence-electron chi connectivity index (χ3n) is 4.48. The minimum atomic E-state index is -0.152. The van der Waals surface area contributed by atoms with Crippen molar-refractivity contribution >= 4 is 0 Å². The quantitative estimate of drug-likeness (QED) is 0.906.